The van der Waals surface area contributed by atoms with E-state index in [2.05, 4.69) is 85.0 Å². The highest BCUT2D eigenvalue weighted by Gasteiger charge is 2.18. The minimum absolute atomic E-state index is 1.30. The summed E-state index contributed by atoms with van der Waals surface area (Å²) in [5.41, 5.74) is 6.63. The van der Waals surface area contributed by atoms with E-state index < -0.39 is 0 Å². The van der Waals surface area contributed by atoms with E-state index in [1.807, 2.05) is 0 Å². The molecular formula is C24H17N. The summed E-state index contributed by atoms with van der Waals surface area (Å²) in [6.45, 7) is 4.38. The minimum Gasteiger partial charge on any atom is -0.308 e. The van der Waals surface area contributed by atoms with E-state index in [-0.39, 0.29) is 0 Å². The molecule has 0 bridgehead atoms. The minimum atomic E-state index is 1.30. The SMILES string of the molecule is Cc1ccc2cc3c4ccc(C)c5c6ccccc6n(c3cc2c1)c45. The normalized spacial score (nSPS) is 12.4. The molecule has 0 saturated heterocycles. The van der Waals surface area contributed by atoms with Crippen molar-refractivity contribution in [3.63, 3.8) is 0 Å². The first-order chi connectivity index (χ1) is 12.2. The van der Waals surface area contributed by atoms with Crippen molar-refractivity contribution in [3.05, 3.63) is 77.9 Å². The van der Waals surface area contributed by atoms with Crippen LogP contribution in [0.2, 0.25) is 0 Å². The molecule has 0 aliphatic rings. The molecule has 1 heteroatoms. The lowest BCUT2D eigenvalue weighted by Crippen LogP contribution is -1.81. The lowest BCUT2D eigenvalue weighted by atomic mass is 10.0. The zero-order valence-electron chi connectivity index (χ0n) is 14.3. The van der Waals surface area contributed by atoms with Gasteiger partial charge in [-0.15, -0.1) is 0 Å². The Morgan fingerprint density at radius 1 is 0.640 bits per heavy atom. The van der Waals surface area contributed by atoms with Crippen LogP contribution in [0.3, 0.4) is 0 Å². The first-order valence-corrected chi connectivity index (χ1v) is 8.80. The van der Waals surface area contributed by atoms with Gasteiger partial charge in [-0.25, -0.2) is 0 Å². The highest BCUT2D eigenvalue weighted by molar-refractivity contribution is 6.25. The van der Waals surface area contributed by atoms with Gasteiger partial charge in [0.05, 0.1) is 16.6 Å². The number of fused-ring (bicyclic) bond motifs is 7. The molecule has 0 atom stereocenters. The van der Waals surface area contributed by atoms with Crippen LogP contribution in [0.4, 0.5) is 0 Å². The van der Waals surface area contributed by atoms with Crippen LogP contribution in [-0.2, 0) is 0 Å². The first-order valence-electron chi connectivity index (χ1n) is 8.80. The molecule has 0 spiro atoms. The van der Waals surface area contributed by atoms with Crippen LogP contribution in [0, 0.1) is 13.8 Å². The summed E-state index contributed by atoms with van der Waals surface area (Å²) in [5, 5.41) is 8.08. The Balaban J connectivity index is 2.00. The summed E-state index contributed by atoms with van der Waals surface area (Å²) in [6, 6.07) is 24.8. The van der Waals surface area contributed by atoms with Gasteiger partial charge in [-0.3, -0.25) is 0 Å². The summed E-state index contributed by atoms with van der Waals surface area (Å²) in [6.07, 6.45) is 0. The van der Waals surface area contributed by atoms with Gasteiger partial charge in [-0.2, -0.15) is 0 Å². The van der Waals surface area contributed by atoms with Gasteiger partial charge in [0.15, 0.2) is 0 Å². The lowest BCUT2D eigenvalue weighted by Gasteiger charge is -2.03. The molecule has 118 valence electrons. The van der Waals surface area contributed by atoms with Crippen molar-refractivity contribution < 1.29 is 0 Å². The molecule has 0 fully saturated rings. The monoisotopic (exact) mass is 319 g/mol. The van der Waals surface area contributed by atoms with E-state index >= 15 is 0 Å². The summed E-state index contributed by atoms with van der Waals surface area (Å²) in [7, 11) is 0. The predicted molar refractivity (Wildman–Crippen MR) is 108 cm³/mol. The number of hydrogen-bond acceptors (Lipinski definition) is 0. The maximum atomic E-state index is 2.46. The van der Waals surface area contributed by atoms with Crippen molar-refractivity contribution in [1.29, 1.82) is 0 Å². The molecule has 0 unspecified atom stereocenters. The molecule has 4 aromatic carbocycles. The quantitative estimate of drug-likeness (QED) is 0.297. The van der Waals surface area contributed by atoms with Gasteiger partial charge in [0.25, 0.3) is 0 Å². The zero-order chi connectivity index (χ0) is 16.7. The van der Waals surface area contributed by atoms with Crippen LogP contribution in [0.15, 0.2) is 66.7 Å². The number of hydrogen-bond donors (Lipinski definition) is 0. The predicted octanol–water partition coefficient (Wildman–Crippen LogP) is 6.61. The summed E-state index contributed by atoms with van der Waals surface area (Å²) >= 11 is 0. The highest BCUT2D eigenvalue weighted by Crippen LogP contribution is 2.41. The van der Waals surface area contributed by atoms with Gasteiger partial charge in [0.2, 0.25) is 0 Å². The Bertz CT molecular complexity index is 1450. The second kappa shape index (κ2) is 4.31. The molecule has 0 N–H and O–H groups in total. The standard InChI is InChI=1S/C24H17N/c1-14-7-9-16-12-20-18-10-8-15(2)23-19-5-3-4-6-21(19)25(24(18)23)22(20)13-17(16)11-14/h3-13H,1-2H3. The molecule has 1 nitrogen and oxygen atoms in total. The number of para-hydroxylation sites is 1. The number of benzene rings is 4. The largest absolute Gasteiger partial charge is 0.308 e. The second-order valence-electron chi connectivity index (χ2n) is 7.23. The molecule has 6 rings (SSSR count). The third-order valence-electron chi connectivity index (χ3n) is 5.67. The van der Waals surface area contributed by atoms with Crippen LogP contribution < -0.4 is 0 Å². The van der Waals surface area contributed by atoms with Crippen molar-refractivity contribution in [2.24, 2.45) is 0 Å². The van der Waals surface area contributed by atoms with Crippen LogP contribution in [0.1, 0.15) is 11.1 Å². The number of rotatable bonds is 0. The Morgan fingerprint density at radius 3 is 2.44 bits per heavy atom. The highest BCUT2D eigenvalue weighted by atomic mass is 14.9. The van der Waals surface area contributed by atoms with Gasteiger partial charge >= 0.3 is 0 Å². The molecule has 2 heterocycles. The van der Waals surface area contributed by atoms with Crippen LogP contribution in [0.5, 0.6) is 0 Å². The first kappa shape index (κ1) is 13.3. The summed E-state index contributed by atoms with van der Waals surface area (Å²) in [4.78, 5) is 0. The van der Waals surface area contributed by atoms with Gasteiger partial charge in [0.1, 0.15) is 0 Å². The Kier molecular flexibility index (Phi) is 2.29. The smallest absolute Gasteiger partial charge is 0.0623 e. The second-order valence-corrected chi connectivity index (χ2v) is 7.23. The third kappa shape index (κ3) is 1.54. The van der Waals surface area contributed by atoms with Gasteiger partial charge in [-0.05, 0) is 48.4 Å². The van der Waals surface area contributed by atoms with Crippen molar-refractivity contribution in [2.75, 3.05) is 0 Å². The van der Waals surface area contributed by atoms with Crippen molar-refractivity contribution in [3.8, 4) is 0 Å². The van der Waals surface area contributed by atoms with Gasteiger partial charge < -0.3 is 4.40 Å². The molecule has 0 radical (unpaired) electrons. The average molecular weight is 319 g/mol. The topological polar surface area (TPSA) is 4.41 Å². The van der Waals surface area contributed by atoms with E-state index in [1.54, 1.807) is 0 Å². The third-order valence-corrected chi connectivity index (χ3v) is 5.67. The van der Waals surface area contributed by atoms with Crippen LogP contribution in [0.25, 0.3) is 48.9 Å². The van der Waals surface area contributed by atoms with Crippen LogP contribution in [-0.4, -0.2) is 4.40 Å². The fourth-order valence-electron chi connectivity index (χ4n) is 4.54. The van der Waals surface area contributed by atoms with Crippen molar-refractivity contribution in [1.82, 2.24) is 4.40 Å². The van der Waals surface area contributed by atoms with Gasteiger partial charge in [0, 0.05) is 21.5 Å². The molecule has 2 aromatic heterocycles. The van der Waals surface area contributed by atoms with E-state index in [9.17, 15) is 0 Å². The molecule has 6 aromatic rings. The van der Waals surface area contributed by atoms with E-state index in [4.69, 9.17) is 0 Å². The molecule has 0 saturated carbocycles. The van der Waals surface area contributed by atoms with E-state index in [0.29, 0.717) is 0 Å². The zero-order valence-corrected chi connectivity index (χ0v) is 14.3. The maximum absolute atomic E-state index is 2.46. The number of aryl methyl sites for hydroxylation is 2. The molecule has 0 amide bonds. The summed E-state index contributed by atoms with van der Waals surface area (Å²) < 4.78 is 2.46. The molecule has 25 heavy (non-hydrogen) atoms. The number of aromatic nitrogens is 1. The lowest BCUT2D eigenvalue weighted by molar-refractivity contribution is 1.37. The van der Waals surface area contributed by atoms with E-state index in [1.165, 1.54) is 60.0 Å². The van der Waals surface area contributed by atoms with Crippen molar-refractivity contribution in [2.45, 2.75) is 13.8 Å². The fraction of sp³-hybridized carbons (Fsp3) is 0.0833. The fourth-order valence-corrected chi connectivity index (χ4v) is 4.54. The van der Waals surface area contributed by atoms with E-state index in [0.717, 1.165) is 0 Å². The Hall–Kier alpha value is -3.06. The Morgan fingerprint density at radius 2 is 1.52 bits per heavy atom. The Labute approximate surface area is 145 Å². The maximum Gasteiger partial charge on any atom is 0.0623 e. The molecule has 0 aliphatic heterocycles. The molecular weight excluding hydrogens is 302 g/mol. The molecule has 0 aliphatic carbocycles. The average Bonchev–Trinajstić information content (AvgIpc) is 3.12. The number of nitrogens with zero attached hydrogens (tertiary/aromatic N) is 1. The summed E-state index contributed by atoms with van der Waals surface area (Å²) in [5.74, 6) is 0. The van der Waals surface area contributed by atoms with Crippen LogP contribution >= 0.6 is 0 Å². The van der Waals surface area contributed by atoms with Crippen molar-refractivity contribution >= 4 is 48.9 Å². The van der Waals surface area contributed by atoms with Gasteiger partial charge in [-0.1, -0.05) is 54.1 Å².